The molecule has 7 heteroatoms. The van der Waals surface area contributed by atoms with Crippen molar-refractivity contribution in [1.82, 2.24) is 15.5 Å². The number of fused-ring (bicyclic) bond motifs is 1. The molecule has 0 spiro atoms. The van der Waals surface area contributed by atoms with Crippen LogP contribution >= 0.6 is 0 Å². The highest BCUT2D eigenvalue weighted by molar-refractivity contribution is 7.84. The molecule has 1 aromatic carbocycles. The Bertz CT molecular complexity index is 618. The highest BCUT2D eigenvalue weighted by atomic mass is 32.2. The van der Waals surface area contributed by atoms with Crippen molar-refractivity contribution < 1.29 is 4.21 Å². The van der Waals surface area contributed by atoms with E-state index >= 15 is 0 Å². The van der Waals surface area contributed by atoms with Gasteiger partial charge in [0.25, 0.3) is 0 Å². The van der Waals surface area contributed by atoms with E-state index in [-0.39, 0.29) is 0 Å². The molecule has 0 fully saturated rings. The molecule has 1 aliphatic rings. The minimum Gasteiger partial charge on any atom is -0.301 e. The van der Waals surface area contributed by atoms with E-state index in [1.54, 1.807) is 23.5 Å². The zero-order valence-electron chi connectivity index (χ0n) is 9.62. The lowest BCUT2D eigenvalue weighted by atomic mass is 10.3. The minimum atomic E-state index is -1.19. The highest BCUT2D eigenvalue weighted by Crippen LogP contribution is 2.32. The third kappa shape index (κ3) is 1.83. The molecule has 0 aliphatic carbocycles. The van der Waals surface area contributed by atoms with Crippen LogP contribution in [0.1, 0.15) is 0 Å². The van der Waals surface area contributed by atoms with E-state index in [1.165, 1.54) is 0 Å². The third-order valence-electron chi connectivity index (χ3n) is 2.55. The Morgan fingerprint density at radius 3 is 2.94 bits per heavy atom. The lowest BCUT2D eigenvalue weighted by Crippen LogP contribution is -2.32. The summed E-state index contributed by atoms with van der Waals surface area (Å²) in [7, 11) is -1.19. The largest absolute Gasteiger partial charge is 0.301 e. The van der Waals surface area contributed by atoms with Crippen LogP contribution < -0.4 is 16.0 Å². The van der Waals surface area contributed by atoms with Crippen molar-refractivity contribution in [2.75, 3.05) is 16.7 Å². The summed E-state index contributed by atoms with van der Waals surface area (Å²) < 4.78 is 11.4. The van der Waals surface area contributed by atoms with Crippen molar-refractivity contribution in [3.8, 4) is 0 Å². The summed E-state index contributed by atoms with van der Waals surface area (Å²) in [4.78, 5) is 8.25. The molecule has 0 radical (unpaired) electrons. The SMILES string of the molecule is CS(=O)c1nccc(N2NNc3ccccc32)n1. The molecule has 1 aliphatic heterocycles. The molecular weight excluding hydrogens is 250 g/mol. The fourth-order valence-corrected chi connectivity index (χ4v) is 2.16. The van der Waals surface area contributed by atoms with Crippen LogP contribution in [0.3, 0.4) is 0 Å². The fraction of sp³-hybridized carbons (Fsp3) is 0.0909. The van der Waals surface area contributed by atoms with Gasteiger partial charge in [0.1, 0.15) is 0 Å². The summed E-state index contributed by atoms with van der Waals surface area (Å²) >= 11 is 0. The second-order valence-electron chi connectivity index (χ2n) is 3.74. The van der Waals surface area contributed by atoms with Crippen LogP contribution in [0.15, 0.2) is 41.7 Å². The predicted molar refractivity (Wildman–Crippen MR) is 69.7 cm³/mol. The van der Waals surface area contributed by atoms with E-state index in [2.05, 4.69) is 20.9 Å². The van der Waals surface area contributed by atoms with Crippen LogP contribution in [0.25, 0.3) is 0 Å². The van der Waals surface area contributed by atoms with E-state index < -0.39 is 10.8 Å². The smallest absolute Gasteiger partial charge is 0.220 e. The fourth-order valence-electron chi connectivity index (χ4n) is 1.73. The Labute approximate surface area is 106 Å². The molecule has 0 saturated heterocycles. The lowest BCUT2D eigenvalue weighted by molar-refractivity contribution is 0.679. The van der Waals surface area contributed by atoms with Gasteiger partial charge in [0.2, 0.25) is 5.16 Å². The molecule has 1 atom stereocenters. The average Bonchev–Trinajstić information content (AvgIpc) is 2.82. The molecule has 18 heavy (non-hydrogen) atoms. The first kappa shape index (κ1) is 11.1. The zero-order chi connectivity index (χ0) is 12.5. The van der Waals surface area contributed by atoms with Crippen molar-refractivity contribution in [3.63, 3.8) is 0 Å². The molecule has 0 saturated carbocycles. The maximum atomic E-state index is 11.4. The van der Waals surface area contributed by atoms with E-state index in [1.807, 2.05) is 24.3 Å². The van der Waals surface area contributed by atoms with Crippen molar-refractivity contribution in [2.24, 2.45) is 0 Å². The van der Waals surface area contributed by atoms with Gasteiger partial charge in [-0.1, -0.05) is 12.1 Å². The molecule has 2 heterocycles. The van der Waals surface area contributed by atoms with Crippen LogP contribution in [0.2, 0.25) is 0 Å². The Morgan fingerprint density at radius 2 is 2.11 bits per heavy atom. The summed E-state index contributed by atoms with van der Waals surface area (Å²) in [5, 5.41) is 2.10. The number of para-hydroxylation sites is 2. The molecule has 6 nitrogen and oxygen atoms in total. The van der Waals surface area contributed by atoms with Gasteiger partial charge in [-0.3, -0.25) is 4.21 Å². The average molecular weight is 261 g/mol. The highest BCUT2D eigenvalue weighted by Gasteiger charge is 2.20. The number of rotatable bonds is 2. The zero-order valence-corrected chi connectivity index (χ0v) is 10.4. The van der Waals surface area contributed by atoms with Crippen molar-refractivity contribution in [2.45, 2.75) is 5.16 Å². The molecule has 2 N–H and O–H groups in total. The maximum absolute atomic E-state index is 11.4. The van der Waals surface area contributed by atoms with Gasteiger partial charge in [-0.2, -0.15) is 0 Å². The maximum Gasteiger partial charge on any atom is 0.220 e. The number of nitrogens with one attached hydrogen (secondary N) is 2. The Kier molecular flexibility index (Phi) is 2.69. The van der Waals surface area contributed by atoms with Crippen molar-refractivity contribution >= 4 is 28.0 Å². The summed E-state index contributed by atoms with van der Waals surface area (Å²) in [5.41, 5.74) is 7.97. The molecule has 1 aromatic heterocycles. The van der Waals surface area contributed by atoms with Gasteiger partial charge in [-0.05, 0) is 12.1 Å². The molecule has 3 rings (SSSR count). The van der Waals surface area contributed by atoms with E-state index in [9.17, 15) is 4.21 Å². The van der Waals surface area contributed by atoms with Gasteiger partial charge in [0.05, 0.1) is 22.2 Å². The minimum absolute atomic E-state index is 0.318. The standard InChI is InChI=1S/C11H11N5OS/c1-18(17)11-12-7-6-10(13-11)16-9-5-3-2-4-8(9)14-15-16/h2-7,14-15H,1H3. The van der Waals surface area contributed by atoms with Gasteiger partial charge in [0.15, 0.2) is 5.82 Å². The van der Waals surface area contributed by atoms with Crippen LogP contribution in [0.4, 0.5) is 17.2 Å². The first-order chi connectivity index (χ1) is 8.75. The molecule has 92 valence electrons. The summed E-state index contributed by atoms with van der Waals surface area (Å²) in [5.74, 6) is 0.646. The first-order valence-electron chi connectivity index (χ1n) is 5.33. The lowest BCUT2D eigenvalue weighted by Gasteiger charge is -2.16. The molecule has 2 aromatic rings. The quantitative estimate of drug-likeness (QED) is 0.792. The molecule has 0 amide bonds. The number of nitrogens with zero attached hydrogens (tertiary/aromatic N) is 3. The Hall–Kier alpha value is -1.99. The van der Waals surface area contributed by atoms with E-state index in [0.717, 1.165) is 11.4 Å². The monoisotopic (exact) mass is 261 g/mol. The van der Waals surface area contributed by atoms with Gasteiger partial charge in [0, 0.05) is 18.5 Å². The van der Waals surface area contributed by atoms with Crippen LogP contribution in [0, 0.1) is 0 Å². The Balaban J connectivity index is 2.02. The van der Waals surface area contributed by atoms with Crippen LogP contribution in [0.5, 0.6) is 0 Å². The van der Waals surface area contributed by atoms with Gasteiger partial charge in [-0.15, -0.1) is 5.53 Å². The van der Waals surface area contributed by atoms with Gasteiger partial charge < -0.3 is 5.43 Å². The normalized spacial score (nSPS) is 15.1. The van der Waals surface area contributed by atoms with Crippen LogP contribution in [-0.2, 0) is 10.8 Å². The van der Waals surface area contributed by atoms with Crippen molar-refractivity contribution in [1.29, 1.82) is 0 Å². The molecular formula is C11H11N5OS. The van der Waals surface area contributed by atoms with Crippen LogP contribution in [-0.4, -0.2) is 20.4 Å². The number of aromatic nitrogens is 2. The number of hydrazine groups is 2. The third-order valence-corrected chi connectivity index (χ3v) is 3.26. The molecule has 0 bridgehead atoms. The summed E-state index contributed by atoms with van der Waals surface area (Å²) in [6.07, 6.45) is 3.16. The second-order valence-corrected chi connectivity index (χ2v) is 5.01. The Morgan fingerprint density at radius 1 is 1.28 bits per heavy atom. The number of hydrogen-bond acceptors (Lipinski definition) is 6. The van der Waals surface area contributed by atoms with Gasteiger partial charge in [-0.25, -0.2) is 15.0 Å². The van der Waals surface area contributed by atoms with E-state index in [0.29, 0.717) is 11.0 Å². The number of benzene rings is 1. The summed E-state index contributed by atoms with van der Waals surface area (Å²) in [6, 6.07) is 9.58. The predicted octanol–water partition coefficient (Wildman–Crippen LogP) is 1.20. The van der Waals surface area contributed by atoms with Gasteiger partial charge >= 0.3 is 0 Å². The number of anilines is 3. The van der Waals surface area contributed by atoms with E-state index in [4.69, 9.17) is 0 Å². The molecule has 1 unspecified atom stereocenters. The second kappa shape index (κ2) is 4.35. The summed E-state index contributed by atoms with van der Waals surface area (Å²) in [6.45, 7) is 0. The topological polar surface area (TPSA) is 70.2 Å². The first-order valence-corrected chi connectivity index (χ1v) is 6.89. The van der Waals surface area contributed by atoms with Crippen molar-refractivity contribution in [3.05, 3.63) is 36.5 Å². The number of hydrogen-bond donors (Lipinski definition) is 2.